The van der Waals surface area contributed by atoms with Crippen LogP contribution in [0.3, 0.4) is 0 Å². The lowest BCUT2D eigenvalue weighted by Crippen LogP contribution is -2.24. The van der Waals surface area contributed by atoms with E-state index in [1.165, 1.54) is 0 Å². The molecule has 0 spiro atoms. The molecule has 0 bridgehead atoms. The largest absolute Gasteiger partial charge is 0.451 e. The van der Waals surface area contributed by atoms with E-state index in [-0.39, 0.29) is 5.78 Å². The minimum absolute atomic E-state index is 0.231. The average Bonchev–Trinajstić information content (AvgIpc) is 2.99. The van der Waals surface area contributed by atoms with Gasteiger partial charge in [-0.1, -0.05) is 46.3 Å². The van der Waals surface area contributed by atoms with Gasteiger partial charge in [0.2, 0.25) is 5.78 Å². The lowest BCUT2D eigenvalue weighted by Gasteiger charge is -2.12. The Labute approximate surface area is 141 Å². The smallest absolute Gasteiger partial charge is 0.341 e. The maximum absolute atomic E-state index is 12.3. The number of Topliss-reactive ketones (excluding diaryl/α,β-unsaturated/α-hetero) is 1. The lowest BCUT2D eigenvalue weighted by molar-refractivity contribution is 0.0321. The van der Waals surface area contributed by atoms with Crippen LogP contribution < -0.4 is 0 Å². The summed E-state index contributed by atoms with van der Waals surface area (Å²) in [6.45, 7) is 1.58. The molecule has 4 nitrogen and oxygen atoms in total. The fourth-order valence-corrected chi connectivity index (χ4v) is 2.63. The highest BCUT2D eigenvalue weighted by molar-refractivity contribution is 9.10. The summed E-state index contributed by atoms with van der Waals surface area (Å²) in [6, 6.07) is 14.4. The summed E-state index contributed by atoms with van der Waals surface area (Å²) in [5.74, 6) is -0.744. The van der Waals surface area contributed by atoms with Crippen molar-refractivity contribution in [3.8, 4) is 0 Å². The van der Waals surface area contributed by atoms with Gasteiger partial charge < -0.3 is 9.72 Å². The van der Waals surface area contributed by atoms with E-state index in [0.29, 0.717) is 11.1 Å². The van der Waals surface area contributed by atoms with Crippen molar-refractivity contribution in [1.29, 1.82) is 0 Å². The second-order valence-corrected chi connectivity index (χ2v) is 6.08. The van der Waals surface area contributed by atoms with Crippen LogP contribution in [0.5, 0.6) is 0 Å². The molecule has 0 fully saturated rings. The number of para-hydroxylation sites is 1. The van der Waals surface area contributed by atoms with Crippen LogP contribution in [0.25, 0.3) is 10.9 Å². The van der Waals surface area contributed by atoms with Crippen LogP contribution in [-0.2, 0) is 4.74 Å². The molecule has 0 aliphatic rings. The zero-order valence-corrected chi connectivity index (χ0v) is 14.0. The molecule has 1 N–H and O–H groups in total. The van der Waals surface area contributed by atoms with E-state index >= 15 is 0 Å². The summed E-state index contributed by atoms with van der Waals surface area (Å²) in [5, 5.41) is 0.779. The summed E-state index contributed by atoms with van der Waals surface area (Å²) in [7, 11) is 0. The van der Waals surface area contributed by atoms with Gasteiger partial charge in [-0.3, -0.25) is 4.79 Å². The molecule has 3 aromatic rings. The van der Waals surface area contributed by atoms with Crippen molar-refractivity contribution in [3.63, 3.8) is 0 Å². The number of aromatic amines is 1. The number of nitrogens with one attached hydrogen (secondary N) is 1. The molecule has 0 amide bonds. The van der Waals surface area contributed by atoms with Gasteiger partial charge in [0.1, 0.15) is 0 Å². The third kappa shape index (κ3) is 3.19. The second-order valence-electron chi connectivity index (χ2n) is 5.17. The van der Waals surface area contributed by atoms with Crippen LogP contribution in [0.2, 0.25) is 0 Å². The normalized spacial score (nSPS) is 12.1. The molecule has 2 aromatic carbocycles. The number of carbonyl (C=O) groups is 2. The Morgan fingerprint density at radius 3 is 2.52 bits per heavy atom. The van der Waals surface area contributed by atoms with E-state index < -0.39 is 12.1 Å². The highest BCUT2D eigenvalue weighted by Crippen LogP contribution is 2.20. The number of H-pyrrole nitrogens is 1. The number of ketones is 1. The highest BCUT2D eigenvalue weighted by Gasteiger charge is 2.22. The van der Waals surface area contributed by atoms with Crippen LogP contribution in [0.4, 0.5) is 0 Å². The Morgan fingerprint density at radius 1 is 1.09 bits per heavy atom. The van der Waals surface area contributed by atoms with Gasteiger partial charge in [0.25, 0.3) is 0 Å². The maximum Gasteiger partial charge on any atom is 0.341 e. The summed E-state index contributed by atoms with van der Waals surface area (Å²) in [6.07, 6.45) is 0.751. The summed E-state index contributed by atoms with van der Waals surface area (Å²) in [5.41, 5.74) is 1.79. The van der Waals surface area contributed by atoms with Crippen LogP contribution in [0.1, 0.15) is 27.6 Å². The van der Waals surface area contributed by atoms with Crippen molar-refractivity contribution in [1.82, 2.24) is 4.98 Å². The zero-order valence-electron chi connectivity index (χ0n) is 12.4. The minimum atomic E-state index is -0.850. The molecule has 5 heteroatoms. The number of hydrogen-bond donors (Lipinski definition) is 1. The van der Waals surface area contributed by atoms with E-state index in [4.69, 9.17) is 4.74 Å². The molecule has 0 saturated heterocycles. The predicted octanol–water partition coefficient (Wildman–Crippen LogP) is 4.36. The zero-order chi connectivity index (χ0) is 16.4. The van der Waals surface area contributed by atoms with E-state index in [9.17, 15) is 9.59 Å². The van der Waals surface area contributed by atoms with Crippen LogP contribution in [-0.4, -0.2) is 22.8 Å². The molecular formula is C18H14BrNO3. The Kier molecular flexibility index (Phi) is 4.30. The van der Waals surface area contributed by atoms with Gasteiger partial charge in [-0.2, -0.15) is 0 Å². The van der Waals surface area contributed by atoms with Crippen LogP contribution >= 0.6 is 15.9 Å². The quantitative estimate of drug-likeness (QED) is 0.547. The van der Waals surface area contributed by atoms with E-state index in [0.717, 1.165) is 15.4 Å². The predicted molar refractivity (Wildman–Crippen MR) is 91.6 cm³/mol. The van der Waals surface area contributed by atoms with Gasteiger partial charge in [-0.15, -0.1) is 0 Å². The van der Waals surface area contributed by atoms with E-state index in [1.807, 2.05) is 24.3 Å². The average molecular weight is 372 g/mol. The van der Waals surface area contributed by atoms with Crippen molar-refractivity contribution in [2.45, 2.75) is 13.0 Å². The highest BCUT2D eigenvalue weighted by atomic mass is 79.9. The molecule has 1 atom stereocenters. The fraction of sp³-hybridized carbons (Fsp3) is 0.111. The Morgan fingerprint density at radius 2 is 1.78 bits per heavy atom. The topological polar surface area (TPSA) is 59.2 Å². The number of benzene rings is 2. The van der Waals surface area contributed by atoms with Crippen LogP contribution in [0, 0.1) is 0 Å². The second kappa shape index (κ2) is 6.38. The van der Waals surface area contributed by atoms with Crippen molar-refractivity contribution in [2.75, 3.05) is 0 Å². The van der Waals surface area contributed by atoms with Gasteiger partial charge in [-0.25, -0.2) is 4.79 Å². The monoisotopic (exact) mass is 371 g/mol. The first-order valence-corrected chi connectivity index (χ1v) is 7.92. The third-order valence-electron chi connectivity index (χ3n) is 3.59. The summed E-state index contributed by atoms with van der Waals surface area (Å²) >= 11 is 3.32. The molecule has 0 unspecified atom stereocenters. The Balaban J connectivity index is 1.77. The van der Waals surface area contributed by atoms with Crippen molar-refractivity contribution in [3.05, 3.63) is 70.3 Å². The van der Waals surface area contributed by atoms with Crippen molar-refractivity contribution < 1.29 is 14.3 Å². The molecule has 3 rings (SSSR count). The number of aromatic nitrogens is 1. The van der Waals surface area contributed by atoms with Crippen LogP contribution in [0.15, 0.2) is 59.2 Å². The SMILES string of the molecule is C[C@@H](OC(=O)c1c[nH]c2ccccc12)C(=O)c1ccc(Br)cc1. The van der Waals surface area contributed by atoms with Crippen molar-refractivity contribution >= 4 is 38.6 Å². The first-order valence-electron chi connectivity index (χ1n) is 7.13. The fourth-order valence-electron chi connectivity index (χ4n) is 2.37. The van der Waals surface area contributed by atoms with Gasteiger partial charge in [0, 0.05) is 27.1 Å². The number of esters is 1. The molecule has 0 saturated carbocycles. The number of hydrogen-bond acceptors (Lipinski definition) is 3. The van der Waals surface area contributed by atoms with E-state index in [2.05, 4.69) is 20.9 Å². The number of fused-ring (bicyclic) bond motifs is 1. The van der Waals surface area contributed by atoms with Gasteiger partial charge in [0.05, 0.1) is 5.56 Å². The van der Waals surface area contributed by atoms with Gasteiger partial charge >= 0.3 is 5.97 Å². The summed E-state index contributed by atoms with van der Waals surface area (Å²) in [4.78, 5) is 27.7. The molecule has 1 heterocycles. The third-order valence-corrected chi connectivity index (χ3v) is 4.12. The number of rotatable bonds is 4. The maximum atomic E-state index is 12.3. The number of halogens is 1. The molecular weight excluding hydrogens is 358 g/mol. The molecule has 23 heavy (non-hydrogen) atoms. The molecule has 0 radical (unpaired) electrons. The first-order chi connectivity index (χ1) is 11.1. The van der Waals surface area contributed by atoms with Crippen molar-refractivity contribution in [2.24, 2.45) is 0 Å². The Bertz CT molecular complexity index is 867. The molecule has 0 aliphatic carbocycles. The lowest BCUT2D eigenvalue weighted by atomic mass is 10.1. The number of carbonyl (C=O) groups excluding carboxylic acids is 2. The summed E-state index contributed by atoms with van der Waals surface area (Å²) < 4.78 is 6.22. The standard InChI is InChI=1S/C18H14BrNO3/c1-11(17(21)12-6-8-13(19)9-7-12)23-18(22)15-10-20-16-5-3-2-4-14(15)16/h2-11,20H,1H3/t11-/m1/s1. The first kappa shape index (κ1) is 15.5. The molecule has 0 aliphatic heterocycles. The van der Waals surface area contributed by atoms with E-state index in [1.54, 1.807) is 37.4 Å². The van der Waals surface area contributed by atoms with Gasteiger partial charge in [0.15, 0.2) is 6.10 Å². The Hall–Kier alpha value is -2.40. The minimum Gasteiger partial charge on any atom is -0.451 e. The molecule has 1 aromatic heterocycles. The van der Waals surface area contributed by atoms with Gasteiger partial charge in [-0.05, 0) is 25.1 Å². The number of ether oxygens (including phenoxy) is 1. The molecule has 116 valence electrons.